The van der Waals surface area contributed by atoms with Crippen molar-refractivity contribution in [1.29, 1.82) is 0 Å². The van der Waals surface area contributed by atoms with Crippen molar-refractivity contribution in [1.82, 2.24) is 25.3 Å². The van der Waals surface area contributed by atoms with Crippen molar-refractivity contribution in [2.75, 3.05) is 6.54 Å². The normalized spacial score (nSPS) is 12.7. The van der Waals surface area contributed by atoms with E-state index in [0.717, 1.165) is 34.4 Å². The van der Waals surface area contributed by atoms with Crippen LogP contribution in [0.15, 0.2) is 36.7 Å². The lowest BCUT2D eigenvalue weighted by Gasteiger charge is -2.11. The van der Waals surface area contributed by atoms with Crippen LogP contribution in [0, 0.1) is 6.92 Å². The predicted molar refractivity (Wildman–Crippen MR) is 83.5 cm³/mol. The Hall–Kier alpha value is -2.27. The van der Waals surface area contributed by atoms with Gasteiger partial charge in [-0.15, -0.1) is 5.10 Å². The lowest BCUT2D eigenvalue weighted by molar-refractivity contribution is 0.579. The number of aromatic nitrogens is 4. The van der Waals surface area contributed by atoms with Gasteiger partial charge in [0, 0.05) is 23.2 Å². The highest BCUT2D eigenvalue weighted by molar-refractivity contribution is 5.89. The van der Waals surface area contributed by atoms with Gasteiger partial charge in [0.1, 0.15) is 5.69 Å². The van der Waals surface area contributed by atoms with Gasteiger partial charge in [0.15, 0.2) is 0 Å². The first-order valence-electron chi connectivity index (χ1n) is 7.21. The second-order valence-corrected chi connectivity index (χ2v) is 5.13. The number of hydrogen-bond acceptors (Lipinski definition) is 4. The number of rotatable bonds is 4. The standard InChI is InChI=1S/C16H19N5/c1-4-18-11(2)16-12(3)21(20-19-16)15-7-5-6-13-10-17-9-8-14(13)15/h5-11,18H,4H2,1-3H3. The maximum atomic E-state index is 4.35. The fourth-order valence-corrected chi connectivity index (χ4v) is 2.66. The number of nitrogens with one attached hydrogen (secondary N) is 1. The van der Waals surface area contributed by atoms with Gasteiger partial charge in [-0.05, 0) is 32.5 Å². The second kappa shape index (κ2) is 5.61. The molecule has 108 valence electrons. The molecule has 2 heterocycles. The summed E-state index contributed by atoms with van der Waals surface area (Å²) in [5, 5.41) is 14.3. The third-order valence-electron chi connectivity index (χ3n) is 3.74. The minimum atomic E-state index is 0.195. The summed E-state index contributed by atoms with van der Waals surface area (Å²) in [6, 6.07) is 8.35. The molecule has 1 unspecified atom stereocenters. The molecule has 0 fully saturated rings. The lowest BCUT2D eigenvalue weighted by Crippen LogP contribution is -2.19. The maximum Gasteiger partial charge on any atom is 0.103 e. The van der Waals surface area contributed by atoms with Crippen LogP contribution in [0.25, 0.3) is 16.5 Å². The Morgan fingerprint density at radius 1 is 1.29 bits per heavy atom. The Balaban J connectivity index is 2.12. The number of benzene rings is 1. The Bertz CT molecular complexity index is 757. The molecular formula is C16H19N5. The summed E-state index contributed by atoms with van der Waals surface area (Å²) < 4.78 is 1.91. The van der Waals surface area contributed by atoms with E-state index < -0.39 is 0 Å². The van der Waals surface area contributed by atoms with Gasteiger partial charge in [0.25, 0.3) is 0 Å². The Morgan fingerprint density at radius 2 is 2.14 bits per heavy atom. The van der Waals surface area contributed by atoms with Crippen LogP contribution in [0.3, 0.4) is 0 Å². The SMILES string of the molecule is CCNC(C)c1nnn(-c2cccc3cnccc23)c1C. The van der Waals surface area contributed by atoms with Crippen LogP contribution < -0.4 is 5.32 Å². The molecule has 0 saturated heterocycles. The maximum absolute atomic E-state index is 4.35. The van der Waals surface area contributed by atoms with Crippen LogP contribution in [-0.2, 0) is 0 Å². The van der Waals surface area contributed by atoms with E-state index in [-0.39, 0.29) is 6.04 Å². The first-order chi connectivity index (χ1) is 10.2. The highest BCUT2D eigenvalue weighted by Gasteiger charge is 2.16. The Labute approximate surface area is 124 Å². The summed E-state index contributed by atoms with van der Waals surface area (Å²) in [6.07, 6.45) is 3.67. The third kappa shape index (κ3) is 2.40. The Kier molecular flexibility index (Phi) is 3.66. The van der Waals surface area contributed by atoms with E-state index in [9.17, 15) is 0 Å². The van der Waals surface area contributed by atoms with Crippen molar-refractivity contribution in [2.24, 2.45) is 0 Å². The van der Waals surface area contributed by atoms with E-state index >= 15 is 0 Å². The van der Waals surface area contributed by atoms with Crippen molar-refractivity contribution in [2.45, 2.75) is 26.8 Å². The predicted octanol–water partition coefficient (Wildman–Crippen LogP) is 2.79. The van der Waals surface area contributed by atoms with Gasteiger partial charge < -0.3 is 5.32 Å². The van der Waals surface area contributed by atoms with Crippen LogP contribution in [0.1, 0.15) is 31.3 Å². The van der Waals surface area contributed by atoms with E-state index in [1.807, 2.05) is 23.0 Å². The van der Waals surface area contributed by atoms with Crippen molar-refractivity contribution in [3.05, 3.63) is 48.0 Å². The van der Waals surface area contributed by atoms with E-state index in [2.05, 4.69) is 53.5 Å². The van der Waals surface area contributed by atoms with E-state index in [4.69, 9.17) is 0 Å². The molecule has 1 aromatic carbocycles. The first-order valence-corrected chi connectivity index (χ1v) is 7.21. The Morgan fingerprint density at radius 3 is 2.95 bits per heavy atom. The van der Waals surface area contributed by atoms with Crippen molar-refractivity contribution >= 4 is 10.8 Å². The molecule has 0 aliphatic heterocycles. The number of hydrogen-bond donors (Lipinski definition) is 1. The van der Waals surface area contributed by atoms with Crippen LogP contribution in [0.4, 0.5) is 0 Å². The van der Waals surface area contributed by atoms with E-state index in [1.54, 1.807) is 6.20 Å². The van der Waals surface area contributed by atoms with Crippen LogP contribution >= 0.6 is 0 Å². The van der Waals surface area contributed by atoms with Gasteiger partial charge in [0.2, 0.25) is 0 Å². The highest BCUT2D eigenvalue weighted by atomic mass is 15.4. The average Bonchev–Trinajstić information content (AvgIpc) is 2.88. The van der Waals surface area contributed by atoms with E-state index in [0.29, 0.717) is 0 Å². The third-order valence-corrected chi connectivity index (χ3v) is 3.74. The summed E-state index contributed by atoms with van der Waals surface area (Å²) in [6.45, 7) is 7.17. The zero-order valence-electron chi connectivity index (χ0n) is 12.5. The molecule has 0 aliphatic carbocycles. The summed E-state index contributed by atoms with van der Waals surface area (Å²) >= 11 is 0. The van der Waals surface area contributed by atoms with Gasteiger partial charge in [0.05, 0.1) is 17.4 Å². The quantitative estimate of drug-likeness (QED) is 0.799. The molecule has 2 aromatic heterocycles. The largest absolute Gasteiger partial charge is 0.309 e. The number of pyridine rings is 1. The summed E-state index contributed by atoms with van der Waals surface area (Å²) in [4.78, 5) is 4.17. The number of fused-ring (bicyclic) bond motifs is 1. The molecule has 0 spiro atoms. The summed E-state index contributed by atoms with van der Waals surface area (Å²) in [5.41, 5.74) is 3.09. The monoisotopic (exact) mass is 281 g/mol. The van der Waals surface area contributed by atoms with Crippen LogP contribution in [0.5, 0.6) is 0 Å². The average molecular weight is 281 g/mol. The van der Waals surface area contributed by atoms with Gasteiger partial charge in [-0.2, -0.15) is 0 Å². The number of nitrogens with zero attached hydrogens (tertiary/aromatic N) is 4. The molecule has 3 rings (SSSR count). The fourth-order valence-electron chi connectivity index (χ4n) is 2.66. The molecule has 1 atom stereocenters. The van der Waals surface area contributed by atoms with Crippen LogP contribution in [0.2, 0.25) is 0 Å². The zero-order valence-corrected chi connectivity index (χ0v) is 12.5. The van der Waals surface area contributed by atoms with Gasteiger partial charge >= 0.3 is 0 Å². The molecule has 3 aromatic rings. The molecule has 0 radical (unpaired) electrons. The zero-order chi connectivity index (χ0) is 14.8. The molecule has 0 aliphatic rings. The second-order valence-electron chi connectivity index (χ2n) is 5.13. The highest BCUT2D eigenvalue weighted by Crippen LogP contribution is 2.24. The molecule has 0 bridgehead atoms. The van der Waals surface area contributed by atoms with Gasteiger partial charge in [-0.3, -0.25) is 4.98 Å². The minimum absolute atomic E-state index is 0.195. The van der Waals surface area contributed by atoms with Crippen molar-refractivity contribution in [3.8, 4) is 5.69 Å². The van der Waals surface area contributed by atoms with Crippen molar-refractivity contribution < 1.29 is 0 Å². The van der Waals surface area contributed by atoms with Gasteiger partial charge in [-0.25, -0.2) is 4.68 Å². The molecule has 21 heavy (non-hydrogen) atoms. The molecule has 0 amide bonds. The smallest absolute Gasteiger partial charge is 0.103 e. The molecule has 5 nitrogen and oxygen atoms in total. The van der Waals surface area contributed by atoms with Crippen LogP contribution in [-0.4, -0.2) is 26.5 Å². The molecule has 0 saturated carbocycles. The summed E-state index contributed by atoms with van der Waals surface area (Å²) in [5.74, 6) is 0. The topological polar surface area (TPSA) is 55.6 Å². The van der Waals surface area contributed by atoms with E-state index in [1.165, 1.54) is 0 Å². The molecule has 1 N–H and O–H groups in total. The lowest BCUT2D eigenvalue weighted by atomic mass is 10.1. The molecule has 5 heteroatoms. The van der Waals surface area contributed by atoms with Crippen molar-refractivity contribution in [3.63, 3.8) is 0 Å². The molecular weight excluding hydrogens is 262 g/mol. The summed E-state index contributed by atoms with van der Waals surface area (Å²) in [7, 11) is 0. The fraction of sp³-hybridized carbons (Fsp3) is 0.312. The first kappa shape index (κ1) is 13.7. The minimum Gasteiger partial charge on any atom is -0.309 e. The van der Waals surface area contributed by atoms with Gasteiger partial charge in [-0.1, -0.05) is 24.3 Å².